The van der Waals surface area contributed by atoms with Crippen LogP contribution in [0.3, 0.4) is 0 Å². The highest BCUT2D eigenvalue weighted by Crippen LogP contribution is 2.15. The molecule has 0 bridgehead atoms. The Kier molecular flexibility index (Phi) is 5.51. The first-order valence-corrected chi connectivity index (χ1v) is 6.49. The van der Waals surface area contributed by atoms with Gasteiger partial charge in [-0.3, -0.25) is 0 Å². The zero-order valence-electron chi connectivity index (χ0n) is 9.66. The van der Waals surface area contributed by atoms with E-state index in [1.807, 2.05) is 0 Å². The molecule has 82 valence electrons. The van der Waals surface area contributed by atoms with E-state index >= 15 is 0 Å². The van der Waals surface area contributed by atoms with E-state index in [9.17, 15) is 0 Å². The molecule has 0 aromatic heterocycles. The third kappa shape index (κ3) is 5.05. The van der Waals surface area contributed by atoms with E-state index in [1.165, 1.54) is 10.5 Å². The third-order valence-electron chi connectivity index (χ3n) is 2.07. The Hall–Kier alpha value is -0.730. The molecule has 0 aliphatic carbocycles. The van der Waals surface area contributed by atoms with E-state index in [4.69, 9.17) is 0 Å². The van der Waals surface area contributed by atoms with Crippen LogP contribution in [0.4, 0.5) is 0 Å². The Morgan fingerprint density at radius 2 is 1.93 bits per heavy atom. The second kappa shape index (κ2) is 6.70. The average Bonchev–Trinajstić information content (AvgIpc) is 2.25. The van der Waals surface area contributed by atoms with Gasteiger partial charge in [0.25, 0.3) is 0 Å². The number of benzene rings is 1. The summed E-state index contributed by atoms with van der Waals surface area (Å²) in [6.07, 6.45) is 6.41. The number of rotatable bonds is 5. The van der Waals surface area contributed by atoms with E-state index in [2.05, 4.69) is 61.8 Å². The smallest absolute Gasteiger partial charge is 0.0140 e. The molecule has 0 spiro atoms. The molecule has 0 atom stereocenters. The largest absolute Gasteiger partial charge is 0.311 e. The maximum atomic E-state index is 3.35. The summed E-state index contributed by atoms with van der Waals surface area (Å²) < 4.78 is 0. The zero-order valence-corrected chi connectivity index (χ0v) is 10.5. The van der Waals surface area contributed by atoms with Crippen LogP contribution in [0.1, 0.15) is 19.4 Å². The van der Waals surface area contributed by atoms with E-state index in [0.29, 0.717) is 6.04 Å². The minimum atomic E-state index is 0.550. The van der Waals surface area contributed by atoms with Gasteiger partial charge >= 0.3 is 0 Å². The molecule has 0 aliphatic heterocycles. The number of hydrogen-bond acceptors (Lipinski definition) is 2. The molecule has 1 aromatic rings. The summed E-state index contributed by atoms with van der Waals surface area (Å²) in [6, 6.07) is 9.16. The molecule has 15 heavy (non-hydrogen) atoms. The Labute approximate surface area is 97.0 Å². The summed E-state index contributed by atoms with van der Waals surface area (Å²) in [5.41, 5.74) is 1.26. The fraction of sp³-hybridized carbons (Fsp3) is 0.385. The first-order valence-electron chi connectivity index (χ1n) is 5.26. The van der Waals surface area contributed by atoms with Crippen molar-refractivity contribution in [2.24, 2.45) is 0 Å². The monoisotopic (exact) mass is 221 g/mol. The minimum Gasteiger partial charge on any atom is -0.311 e. The molecule has 1 rings (SSSR count). The van der Waals surface area contributed by atoms with Crippen LogP contribution in [0, 0.1) is 0 Å². The van der Waals surface area contributed by atoms with Crippen LogP contribution >= 0.6 is 11.8 Å². The van der Waals surface area contributed by atoms with E-state index in [0.717, 1.165) is 6.54 Å². The van der Waals surface area contributed by atoms with Crippen molar-refractivity contribution in [2.75, 3.05) is 12.8 Å². The fourth-order valence-corrected chi connectivity index (χ4v) is 1.62. The van der Waals surface area contributed by atoms with Crippen molar-refractivity contribution < 1.29 is 0 Å². The molecule has 0 saturated heterocycles. The van der Waals surface area contributed by atoms with Gasteiger partial charge in [-0.05, 0) is 24.0 Å². The van der Waals surface area contributed by atoms with Crippen LogP contribution in [0.5, 0.6) is 0 Å². The second-order valence-electron chi connectivity index (χ2n) is 3.74. The van der Waals surface area contributed by atoms with Gasteiger partial charge in [0.15, 0.2) is 0 Å². The van der Waals surface area contributed by atoms with E-state index < -0.39 is 0 Å². The highest BCUT2D eigenvalue weighted by Gasteiger charge is 1.90. The average molecular weight is 221 g/mol. The van der Waals surface area contributed by atoms with Gasteiger partial charge in [0.1, 0.15) is 0 Å². The summed E-state index contributed by atoms with van der Waals surface area (Å²) in [4.78, 5) is 1.31. The summed E-state index contributed by atoms with van der Waals surface area (Å²) in [5.74, 6) is 0. The summed E-state index contributed by atoms with van der Waals surface area (Å²) >= 11 is 1.77. The fourth-order valence-electron chi connectivity index (χ4n) is 1.21. The van der Waals surface area contributed by atoms with Crippen LogP contribution in [0.15, 0.2) is 35.2 Å². The van der Waals surface area contributed by atoms with Crippen molar-refractivity contribution in [3.8, 4) is 0 Å². The van der Waals surface area contributed by atoms with Gasteiger partial charge in [-0.25, -0.2) is 0 Å². The number of hydrogen-bond donors (Lipinski definition) is 1. The third-order valence-corrected chi connectivity index (χ3v) is 2.81. The van der Waals surface area contributed by atoms with Gasteiger partial charge in [0.05, 0.1) is 0 Å². The zero-order chi connectivity index (χ0) is 11.1. The lowest BCUT2D eigenvalue weighted by atomic mass is 10.2. The highest BCUT2D eigenvalue weighted by atomic mass is 32.2. The Morgan fingerprint density at radius 3 is 2.47 bits per heavy atom. The summed E-state index contributed by atoms with van der Waals surface area (Å²) in [7, 11) is 0. The predicted octanol–water partition coefficient (Wildman–Crippen LogP) is 3.42. The lowest BCUT2D eigenvalue weighted by molar-refractivity contribution is 0.633. The van der Waals surface area contributed by atoms with Gasteiger partial charge in [-0.1, -0.05) is 38.1 Å². The Morgan fingerprint density at radius 1 is 1.27 bits per heavy atom. The van der Waals surface area contributed by atoms with Gasteiger partial charge < -0.3 is 5.32 Å². The van der Waals surface area contributed by atoms with Crippen LogP contribution < -0.4 is 5.32 Å². The quantitative estimate of drug-likeness (QED) is 0.765. The topological polar surface area (TPSA) is 12.0 Å². The molecule has 1 nitrogen and oxygen atoms in total. The van der Waals surface area contributed by atoms with Crippen LogP contribution in [0.25, 0.3) is 6.08 Å². The normalized spacial score (nSPS) is 11.5. The molecule has 0 amide bonds. The van der Waals surface area contributed by atoms with Crippen molar-refractivity contribution in [2.45, 2.75) is 24.8 Å². The maximum absolute atomic E-state index is 3.35. The molecule has 0 radical (unpaired) electrons. The molecule has 0 heterocycles. The lowest BCUT2D eigenvalue weighted by Crippen LogP contribution is -2.22. The molecular formula is C13H19NS. The molecular weight excluding hydrogens is 202 g/mol. The highest BCUT2D eigenvalue weighted by molar-refractivity contribution is 7.98. The first-order chi connectivity index (χ1) is 7.22. The van der Waals surface area contributed by atoms with Crippen molar-refractivity contribution in [1.29, 1.82) is 0 Å². The standard InChI is InChI=1S/C13H19NS/c1-11(2)14-10-4-5-12-6-8-13(15-3)9-7-12/h4-9,11,14H,10H2,1-3H3. The molecule has 0 saturated carbocycles. The van der Waals surface area contributed by atoms with Crippen molar-refractivity contribution in [3.63, 3.8) is 0 Å². The molecule has 2 heteroatoms. The first kappa shape index (κ1) is 12.3. The summed E-state index contributed by atoms with van der Waals surface area (Å²) in [5, 5.41) is 3.35. The molecule has 0 unspecified atom stereocenters. The minimum absolute atomic E-state index is 0.550. The Bertz CT molecular complexity index is 301. The van der Waals surface area contributed by atoms with Crippen molar-refractivity contribution in [1.82, 2.24) is 5.32 Å². The molecule has 1 N–H and O–H groups in total. The van der Waals surface area contributed by atoms with Crippen LogP contribution in [-0.4, -0.2) is 18.8 Å². The van der Waals surface area contributed by atoms with Crippen molar-refractivity contribution >= 4 is 17.8 Å². The van der Waals surface area contributed by atoms with E-state index in [1.54, 1.807) is 11.8 Å². The lowest BCUT2D eigenvalue weighted by Gasteiger charge is -2.03. The Balaban J connectivity index is 2.43. The maximum Gasteiger partial charge on any atom is 0.0140 e. The predicted molar refractivity (Wildman–Crippen MR) is 70.4 cm³/mol. The number of thioether (sulfide) groups is 1. The molecule has 0 fully saturated rings. The number of nitrogens with one attached hydrogen (secondary N) is 1. The SMILES string of the molecule is CSc1ccc(C=CCNC(C)C)cc1. The van der Waals surface area contributed by atoms with Gasteiger partial charge in [0.2, 0.25) is 0 Å². The van der Waals surface area contributed by atoms with Gasteiger partial charge in [-0.15, -0.1) is 11.8 Å². The van der Waals surface area contributed by atoms with Gasteiger partial charge in [-0.2, -0.15) is 0 Å². The molecule has 1 aromatic carbocycles. The second-order valence-corrected chi connectivity index (χ2v) is 4.62. The van der Waals surface area contributed by atoms with Crippen LogP contribution in [0.2, 0.25) is 0 Å². The molecule has 0 aliphatic rings. The summed E-state index contributed by atoms with van der Waals surface area (Å²) in [6.45, 7) is 5.24. The van der Waals surface area contributed by atoms with Crippen LogP contribution in [-0.2, 0) is 0 Å². The van der Waals surface area contributed by atoms with Gasteiger partial charge in [0, 0.05) is 17.5 Å². The van der Waals surface area contributed by atoms with E-state index in [-0.39, 0.29) is 0 Å². The van der Waals surface area contributed by atoms with Crippen molar-refractivity contribution in [3.05, 3.63) is 35.9 Å².